The summed E-state index contributed by atoms with van der Waals surface area (Å²) < 4.78 is 5.74. The standard InChI is InChI=1S/C15H14ClN3O2/c16-12-3-1-11(2-4-12)15(20)19-8-6-13(9-19)21-14-5-7-17-10-18-14/h1-5,7,10,13H,6,8-9H2/t13-/m1/s1. The van der Waals surface area contributed by atoms with E-state index in [-0.39, 0.29) is 12.0 Å². The van der Waals surface area contributed by atoms with Crippen molar-refractivity contribution >= 4 is 17.5 Å². The maximum Gasteiger partial charge on any atom is 0.253 e. The molecule has 108 valence electrons. The number of hydrogen-bond donors (Lipinski definition) is 0. The van der Waals surface area contributed by atoms with Gasteiger partial charge in [0, 0.05) is 35.8 Å². The third kappa shape index (κ3) is 3.31. The van der Waals surface area contributed by atoms with E-state index in [9.17, 15) is 4.79 Å². The van der Waals surface area contributed by atoms with Crippen LogP contribution in [0.4, 0.5) is 0 Å². The fourth-order valence-corrected chi connectivity index (χ4v) is 2.43. The van der Waals surface area contributed by atoms with Crippen LogP contribution in [0.15, 0.2) is 42.9 Å². The van der Waals surface area contributed by atoms with E-state index in [1.165, 1.54) is 6.33 Å². The minimum absolute atomic E-state index is 0.000421. The lowest BCUT2D eigenvalue weighted by Crippen LogP contribution is -2.31. The minimum Gasteiger partial charge on any atom is -0.472 e. The molecule has 0 bridgehead atoms. The number of nitrogens with zero attached hydrogens (tertiary/aromatic N) is 3. The molecular weight excluding hydrogens is 290 g/mol. The Morgan fingerprint density at radius 1 is 1.29 bits per heavy atom. The Labute approximate surface area is 127 Å². The van der Waals surface area contributed by atoms with E-state index in [0.29, 0.717) is 29.6 Å². The zero-order valence-electron chi connectivity index (χ0n) is 11.3. The van der Waals surface area contributed by atoms with Gasteiger partial charge < -0.3 is 9.64 Å². The second-order valence-corrected chi connectivity index (χ2v) is 5.27. The monoisotopic (exact) mass is 303 g/mol. The summed E-state index contributed by atoms with van der Waals surface area (Å²) in [6, 6.07) is 8.63. The molecule has 0 unspecified atom stereocenters. The first-order valence-corrected chi connectivity index (χ1v) is 7.08. The summed E-state index contributed by atoms with van der Waals surface area (Å²) in [7, 11) is 0. The summed E-state index contributed by atoms with van der Waals surface area (Å²) in [5.74, 6) is 0.538. The molecule has 2 aromatic rings. The second kappa shape index (κ2) is 6.10. The van der Waals surface area contributed by atoms with Crippen LogP contribution in [0.25, 0.3) is 0 Å². The molecule has 1 aromatic heterocycles. The van der Waals surface area contributed by atoms with E-state index in [4.69, 9.17) is 16.3 Å². The predicted octanol–water partition coefficient (Wildman–Crippen LogP) is 2.42. The molecule has 0 aliphatic carbocycles. The lowest BCUT2D eigenvalue weighted by Gasteiger charge is -2.17. The van der Waals surface area contributed by atoms with Crippen molar-refractivity contribution in [3.8, 4) is 5.88 Å². The molecule has 1 aromatic carbocycles. The molecule has 2 heterocycles. The molecule has 1 saturated heterocycles. The number of likely N-dealkylation sites (tertiary alicyclic amines) is 1. The maximum absolute atomic E-state index is 12.4. The van der Waals surface area contributed by atoms with Crippen LogP contribution >= 0.6 is 11.6 Å². The van der Waals surface area contributed by atoms with Gasteiger partial charge in [-0.3, -0.25) is 4.79 Å². The van der Waals surface area contributed by atoms with Crippen molar-refractivity contribution in [3.63, 3.8) is 0 Å². The van der Waals surface area contributed by atoms with Crippen LogP contribution in [0, 0.1) is 0 Å². The number of carbonyl (C=O) groups is 1. The molecule has 6 heteroatoms. The van der Waals surface area contributed by atoms with Gasteiger partial charge in [0.15, 0.2) is 0 Å². The van der Waals surface area contributed by atoms with Crippen molar-refractivity contribution in [3.05, 3.63) is 53.4 Å². The highest BCUT2D eigenvalue weighted by atomic mass is 35.5. The average Bonchev–Trinajstić information content (AvgIpc) is 2.97. The van der Waals surface area contributed by atoms with Gasteiger partial charge in [0.05, 0.1) is 6.54 Å². The van der Waals surface area contributed by atoms with E-state index in [1.807, 2.05) is 0 Å². The van der Waals surface area contributed by atoms with Gasteiger partial charge in [0.1, 0.15) is 12.4 Å². The number of amides is 1. The van der Waals surface area contributed by atoms with E-state index >= 15 is 0 Å². The number of benzene rings is 1. The Balaban J connectivity index is 1.61. The highest BCUT2D eigenvalue weighted by molar-refractivity contribution is 6.30. The van der Waals surface area contributed by atoms with Gasteiger partial charge in [-0.2, -0.15) is 0 Å². The summed E-state index contributed by atoms with van der Waals surface area (Å²) in [6.45, 7) is 1.24. The zero-order valence-corrected chi connectivity index (χ0v) is 12.0. The second-order valence-electron chi connectivity index (χ2n) is 4.83. The van der Waals surface area contributed by atoms with Gasteiger partial charge in [0.2, 0.25) is 5.88 Å². The van der Waals surface area contributed by atoms with Crippen LogP contribution in [-0.2, 0) is 0 Å². The summed E-state index contributed by atoms with van der Waals surface area (Å²) in [4.78, 5) is 22.0. The van der Waals surface area contributed by atoms with E-state index < -0.39 is 0 Å². The van der Waals surface area contributed by atoms with Crippen molar-refractivity contribution in [2.45, 2.75) is 12.5 Å². The fourth-order valence-electron chi connectivity index (χ4n) is 2.30. The zero-order chi connectivity index (χ0) is 14.7. The molecule has 0 spiro atoms. The predicted molar refractivity (Wildman–Crippen MR) is 78.4 cm³/mol. The van der Waals surface area contributed by atoms with Crippen molar-refractivity contribution < 1.29 is 9.53 Å². The molecule has 21 heavy (non-hydrogen) atoms. The summed E-state index contributed by atoms with van der Waals surface area (Å²) in [5.41, 5.74) is 0.641. The van der Waals surface area contributed by atoms with Gasteiger partial charge in [-0.05, 0) is 24.3 Å². The van der Waals surface area contributed by atoms with E-state index in [1.54, 1.807) is 41.4 Å². The number of halogens is 1. The molecule has 1 aliphatic heterocycles. The first-order valence-electron chi connectivity index (χ1n) is 6.70. The molecule has 1 amide bonds. The number of aromatic nitrogens is 2. The Hall–Kier alpha value is -2.14. The molecule has 3 rings (SSSR count). The molecule has 0 saturated carbocycles. The number of carbonyl (C=O) groups excluding carboxylic acids is 1. The Kier molecular flexibility index (Phi) is 4.01. The van der Waals surface area contributed by atoms with Gasteiger partial charge in [-0.15, -0.1) is 0 Å². The Morgan fingerprint density at radius 2 is 2.10 bits per heavy atom. The summed E-state index contributed by atoms with van der Waals surface area (Å²) in [6.07, 6.45) is 3.84. The van der Waals surface area contributed by atoms with Crippen LogP contribution in [0.2, 0.25) is 5.02 Å². The van der Waals surface area contributed by atoms with Crippen molar-refractivity contribution in [2.24, 2.45) is 0 Å². The lowest BCUT2D eigenvalue weighted by molar-refractivity contribution is 0.0771. The summed E-state index contributed by atoms with van der Waals surface area (Å²) >= 11 is 5.83. The van der Waals surface area contributed by atoms with Crippen LogP contribution in [-0.4, -0.2) is 40.0 Å². The maximum atomic E-state index is 12.4. The quantitative estimate of drug-likeness (QED) is 0.874. The van der Waals surface area contributed by atoms with Crippen molar-refractivity contribution in [1.29, 1.82) is 0 Å². The summed E-state index contributed by atoms with van der Waals surface area (Å²) in [5, 5.41) is 0.623. The molecule has 1 aliphatic rings. The molecular formula is C15H14ClN3O2. The number of rotatable bonds is 3. The van der Waals surface area contributed by atoms with Gasteiger partial charge in [-0.25, -0.2) is 9.97 Å². The van der Waals surface area contributed by atoms with Crippen LogP contribution < -0.4 is 4.74 Å². The van der Waals surface area contributed by atoms with Gasteiger partial charge in [-0.1, -0.05) is 11.6 Å². The molecule has 1 atom stereocenters. The smallest absolute Gasteiger partial charge is 0.253 e. The first-order chi connectivity index (χ1) is 10.2. The third-order valence-electron chi connectivity index (χ3n) is 3.37. The third-order valence-corrected chi connectivity index (χ3v) is 3.62. The van der Waals surface area contributed by atoms with Gasteiger partial charge >= 0.3 is 0 Å². The number of hydrogen-bond acceptors (Lipinski definition) is 4. The largest absolute Gasteiger partial charge is 0.472 e. The van der Waals surface area contributed by atoms with Crippen LogP contribution in [0.1, 0.15) is 16.8 Å². The molecule has 1 fully saturated rings. The van der Waals surface area contributed by atoms with Crippen LogP contribution in [0.5, 0.6) is 5.88 Å². The molecule has 0 N–H and O–H groups in total. The van der Waals surface area contributed by atoms with Crippen LogP contribution in [0.3, 0.4) is 0 Å². The highest BCUT2D eigenvalue weighted by Gasteiger charge is 2.28. The first kappa shape index (κ1) is 13.8. The average molecular weight is 304 g/mol. The lowest BCUT2D eigenvalue weighted by atomic mass is 10.2. The molecule has 5 nitrogen and oxygen atoms in total. The minimum atomic E-state index is -0.0313. The van der Waals surface area contributed by atoms with E-state index in [0.717, 1.165) is 6.42 Å². The number of ether oxygens (including phenoxy) is 1. The van der Waals surface area contributed by atoms with E-state index in [2.05, 4.69) is 9.97 Å². The normalized spacial score (nSPS) is 17.8. The highest BCUT2D eigenvalue weighted by Crippen LogP contribution is 2.19. The molecule has 0 radical (unpaired) electrons. The van der Waals surface area contributed by atoms with Crippen molar-refractivity contribution in [1.82, 2.24) is 14.9 Å². The SMILES string of the molecule is O=C(c1ccc(Cl)cc1)N1CC[C@@H](Oc2ccncn2)C1. The topological polar surface area (TPSA) is 55.3 Å². The Morgan fingerprint density at radius 3 is 2.81 bits per heavy atom. The Bertz CT molecular complexity index is 619. The van der Waals surface area contributed by atoms with Crippen molar-refractivity contribution in [2.75, 3.05) is 13.1 Å². The van der Waals surface area contributed by atoms with Gasteiger partial charge in [0.25, 0.3) is 5.91 Å². The fraction of sp³-hybridized carbons (Fsp3) is 0.267.